The number of rotatable bonds is 7. The second-order valence-corrected chi connectivity index (χ2v) is 7.56. The maximum atomic E-state index is 10.8. The van der Waals surface area contributed by atoms with E-state index in [1.54, 1.807) is 6.08 Å². The van der Waals surface area contributed by atoms with Crippen molar-refractivity contribution in [2.45, 2.75) is 64.4 Å². The number of hydrogen-bond acceptors (Lipinski definition) is 5. The van der Waals surface area contributed by atoms with Crippen molar-refractivity contribution in [3.63, 3.8) is 0 Å². The monoisotopic (exact) mass is 327 g/mol. The van der Waals surface area contributed by atoms with Crippen LogP contribution in [0.1, 0.15) is 47.0 Å². The quantitative estimate of drug-likeness (QED) is 0.700. The van der Waals surface area contributed by atoms with E-state index < -0.39 is 16.8 Å². The molecule has 0 aromatic carbocycles. The first-order chi connectivity index (χ1) is 10.8. The average Bonchev–Trinajstić information content (AvgIpc) is 2.93. The van der Waals surface area contributed by atoms with Crippen LogP contribution in [0.4, 0.5) is 0 Å². The van der Waals surface area contributed by atoms with Crippen molar-refractivity contribution in [2.24, 2.45) is 5.41 Å². The molecule has 1 aliphatic heterocycles. The van der Waals surface area contributed by atoms with E-state index in [2.05, 4.69) is 18.7 Å². The standard InChI is InChI=1S/C18H33NO4/c1-5-11-19(6-2)12-15-13-22-18(23-15)9-7-17(21,8-10-18)16(3,4)14-20/h7,9,15,20-21H,5-6,8,10-14H2,1-4H3. The molecule has 2 rings (SSSR count). The van der Waals surface area contributed by atoms with Crippen LogP contribution in [0.25, 0.3) is 0 Å². The van der Waals surface area contributed by atoms with Gasteiger partial charge in [-0.2, -0.15) is 0 Å². The maximum absolute atomic E-state index is 10.8. The van der Waals surface area contributed by atoms with Gasteiger partial charge in [-0.1, -0.05) is 33.8 Å². The molecule has 5 heteroatoms. The first kappa shape index (κ1) is 18.9. The number of likely N-dealkylation sites (N-methyl/N-ethyl adjacent to an activating group) is 1. The minimum absolute atomic E-state index is 0.0618. The molecule has 1 fully saturated rings. The summed E-state index contributed by atoms with van der Waals surface area (Å²) in [5.74, 6) is -0.700. The van der Waals surface area contributed by atoms with E-state index in [0.29, 0.717) is 19.4 Å². The summed E-state index contributed by atoms with van der Waals surface area (Å²) in [6, 6.07) is 0. The predicted octanol–water partition coefficient (Wildman–Crippen LogP) is 1.93. The molecule has 1 aliphatic carbocycles. The molecule has 0 radical (unpaired) electrons. The summed E-state index contributed by atoms with van der Waals surface area (Å²) in [5, 5.41) is 20.3. The van der Waals surface area contributed by atoms with Crippen LogP contribution in [0.5, 0.6) is 0 Å². The van der Waals surface area contributed by atoms with Crippen molar-refractivity contribution in [2.75, 3.05) is 32.8 Å². The molecule has 2 N–H and O–H groups in total. The van der Waals surface area contributed by atoms with Crippen LogP contribution in [0.2, 0.25) is 0 Å². The molecule has 1 heterocycles. The first-order valence-corrected chi connectivity index (χ1v) is 8.87. The number of nitrogens with zero attached hydrogens (tertiary/aromatic N) is 1. The molecule has 3 atom stereocenters. The van der Waals surface area contributed by atoms with Crippen molar-refractivity contribution in [3.8, 4) is 0 Å². The molecular formula is C18H33NO4. The molecule has 2 aliphatic rings. The van der Waals surface area contributed by atoms with Gasteiger partial charge >= 0.3 is 0 Å². The van der Waals surface area contributed by atoms with Crippen molar-refractivity contribution in [1.29, 1.82) is 0 Å². The van der Waals surface area contributed by atoms with Gasteiger partial charge in [-0.25, -0.2) is 0 Å². The topological polar surface area (TPSA) is 62.2 Å². The normalized spacial score (nSPS) is 34.7. The summed E-state index contributed by atoms with van der Waals surface area (Å²) in [5.41, 5.74) is -1.60. The summed E-state index contributed by atoms with van der Waals surface area (Å²) in [7, 11) is 0. The van der Waals surface area contributed by atoms with Crippen LogP contribution >= 0.6 is 0 Å². The average molecular weight is 327 g/mol. The van der Waals surface area contributed by atoms with E-state index in [9.17, 15) is 10.2 Å². The van der Waals surface area contributed by atoms with Gasteiger partial charge in [-0.05, 0) is 32.0 Å². The molecule has 0 amide bonds. The third-order valence-corrected chi connectivity index (χ3v) is 5.36. The zero-order chi connectivity index (χ0) is 17.1. The first-order valence-electron chi connectivity index (χ1n) is 8.87. The fourth-order valence-electron chi connectivity index (χ4n) is 3.37. The largest absolute Gasteiger partial charge is 0.396 e. The molecule has 0 bridgehead atoms. The van der Waals surface area contributed by atoms with E-state index in [1.807, 2.05) is 19.9 Å². The van der Waals surface area contributed by atoms with Gasteiger partial charge in [-0.3, -0.25) is 0 Å². The lowest BCUT2D eigenvalue weighted by Gasteiger charge is -2.44. The zero-order valence-corrected chi connectivity index (χ0v) is 15.0. The van der Waals surface area contributed by atoms with E-state index in [1.165, 1.54) is 0 Å². The molecular weight excluding hydrogens is 294 g/mol. The highest BCUT2D eigenvalue weighted by atomic mass is 16.7. The van der Waals surface area contributed by atoms with E-state index in [0.717, 1.165) is 26.1 Å². The Balaban J connectivity index is 1.99. The number of ether oxygens (including phenoxy) is 2. The van der Waals surface area contributed by atoms with Gasteiger partial charge in [0.25, 0.3) is 0 Å². The van der Waals surface area contributed by atoms with E-state index >= 15 is 0 Å². The van der Waals surface area contributed by atoms with Gasteiger partial charge in [-0.15, -0.1) is 0 Å². The number of aliphatic hydroxyl groups is 2. The summed E-state index contributed by atoms with van der Waals surface area (Å²) in [6.45, 7) is 11.6. The summed E-state index contributed by atoms with van der Waals surface area (Å²) >= 11 is 0. The van der Waals surface area contributed by atoms with Gasteiger partial charge in [0.05, 0.1) is 24.9 Å². The van der Waals surface area contributed by atoms with Gasteiger partial charge in [0.2, 0.25) is 0 Å². The Morgan fingerprint density at radius 1 is 1.26 bits per heavy atom. The predicted molar refractivity (Wildman–Crippen MR) is 90.2 cm³/mol. The minimum atomic E-state index is -1.02. The molecule has 3 unspecified atom stereocenters. The van der Waals surface area contributed by atoms with E-state index in [4.69, 9.17) is 9.47 Å². The maximum Gasteiger partial charge on any atom is 0.188 e. The Morgan fingerprint density at radius 2 is 2.00 bits per heavy atom. The third kappa shape index (κ3) is 3.97. The Kier molecular flexibility index (Phi) is 5.90. The molecule has 1 saturated heterocycles. The van der Waals surface area contributed by atoms with Crippen molar-refractivity contribution in [1.82, 2.24) is 4.90 Å². The summed E-state index contributed by atoms with van der Waals surface area (Å²) < 4.78 is 12.1. The highest BCUT2D eigenvalue weighted by Gasteiger charge is 2.49. The second kappa shape index (κ2) is 7.19. The van der Waals surface area contributed by atoms with E-state index in [-0.39, 0.29) is 12.7 Å². The molecule has 5 nitrogen and oxygen atoms in total. The zero-order valence-electron chi connectivity index (χ0n) is 15.0. The van der Waals surface area contributed by atoms with Crippen LogP contribution in [0.15, 0.2) is 12.2 Å². The Hall–Kier alpha value is -0.460. The van der Waals surface area contributed by atoms with Crippen LogP contribution in [-0.4, -0.2) is 65.5 Å². The fourth-order valence-corrected chi connectivity index (χ4v) is 3.37. The smallest absolute Gasteiger partial charge is 0.188 e. The highest BCUT2D eigenvalue weighted by molar-refractivity contribution is 5.17. The van der Waals surface area contributed by atoms with Crippen LogP contribution < -0.4 is 0 Å². The minimum Gasteiger partial charge on any atom is -0.396 e. The van der Waals surface area contributed by atoms with Gasteiger partial charge in [0, 0.05) is 18.4 Å². The van der Waals surface area contributed by atoms with Crippen molar-refractivity contribution < 1.29 is 19.7 Å². The molecule has 0 aromatic heterocycles. The Bertz CT molecular complexity index is 425. The molecule has 134 valence electrons. The Labute approximate surface area is 140 Å². The Morgan fingerprint density at radius 3 is 2.52 bits per heavy atom. The summed E-state index contributed by atoms with van der Waals surface area (Å²) in [4.78, 5) is 2.38. The molecule has 1 spiro atoms. The van der Waals surface area contributed by atoms with Crippen LogP contribution in [0, 0.1) is 5.41 Å². The van der Waals surface area contributed by atoms with Gasteiger partial charge in [0.1, 0.15) is 0 Å². The summed E-state index contributed by atoms with van der Waals surface area (Å²) in [6.07, 6.45) is 5.96. The lowest BCUT2D eigenvalue weighted by molar-refractivity contribution is -0.163. The van der Waals surface area contributed by atoms with Crippen molar-refractivity contribution in [3.05, 3.63) is 12.2 Å². The lowest BCUT2D eigenvalue weighted by Crippen LogP contribution is -2.50. The van der Waals surface area contributed by atoms with Crippen molar-refractivity contribution >= 4 is 0 Å². The second-order valence-electron chi connectivity index (χ2n) is 7.56. The number of aliphatic hydroxyl groups excluding tert-OH is 1. The van der Waals surface area contributed by atoms with Crippen LogP contribution in [0.3, 0.4) is 0 Å². The van der Waals surface area contributed by atoms with Gasteiger partial charge in [0.15, 0.2) is 5.79 Å². The lowest BCUT2D eigenvalue weighted by atomic mass is 9.70. The molecule has 23 heavy (non-hydrogen) atoms. The molecule has 0 aromatic rings. The van der Waals surface area contributed by atoms with Crippen LogP contribution in [-0.2, 0) is 9.47 Å². The van der Waals surface area contributed by atoms with Gasteiger partial charge < -0.3 is 24.6 Å². The SMILES string of the molecule is CCCN(CC)CC1COC2(C=CC(O)(C(C)(C)CO)CC2)O1. The fraction of sp³-hybridized carbons (Fsp3) is 0.889. The third-order valence-electron chi connectivity index (χ3n) is 5.36. The molecule has 0 saturated carbocycles. The number of hydrogen-bond donors (Lipinski definition) is 2. The highest BCUT2D eigenvalue weighted by Crippen LogP contribution is 2.44.